The summed E-state index contributed by atoms with van der Waals surface area (Å²) in [5.41, 5.74) is 9.32. The number of phenolic OH excluding ortho intramolecular Hbond substituents is 1. The number of nitrogens with zero attached hydrogens (tertiary/aromatic N) is 1. The van der Waals surface area contributed by atoms with Crippen molar-refractivity contribution in [3.63, 3.8) is 0 Å². The molecule has 4 atom stereocenters. The van der Waals surface area contributed by atoms with Crippen LogP contribution in [0.2, 0.25) is 0 Å². The number of hydrogen-bond acceptors (Lipinski definition) is 8. The molecule has 194 valence electrons. The standard InChI is InChI=1S/C26H33N3O7/c1-13-11-15(30)20-16(33-13)12-17-19(21(20)31)14-7-4-5-9-26(18(36-26)8-6-10-29-24(27)28)23(32)34-22(14)25(2,3)35-17/h11-12,14,18,22,31H,4-10H2,1-3H3,(H4,27,28,29)/t14-,18+,22+,26+/m0/s1. The van der Waals surface area contributed by atoms with E-state index in [0.717, 1.165) is 12.8 Å². The molecule has 0 aliphatic carbocycles. The number of guanidine groups is 1. The van der Waals surface area contributed by atoms with Crippen molar-refractivity contribution in [2.45, 2.75) is 88.6 Å². The monoisotopic (exact) mass is 499 g/mol. The molecule has 0 unspecified atom stereocenters. The van der Waals surface area contributed by atoms with Gasteiger partial charge in [-0.1, -0.05) is 6.42 Å². The Kier molecular flexibility index (Phi) is 5.89. The zero-order valence-corrected chi connectivity index (χ0v) is 20.8. The van der Waals surface area contributed by atoms with Crippen LogP contribution in [0.4, 0.5) is 0 Å². The van der Waals surface area contributed by atoms with E-state index in [9.17, 15) is 14.7 Å². The van der Waals surface area contributed by atoms with Crippen LogP contribution in [-0.2, 0) is 14.3 Å². The molecule has 2 saturated heterocycles. The van der Waals surface area contributed by atoms with Gasteiger partial charge < -0.3 is 35.2 Å². The molecule has 0 radical (unpaired) electrons. The van der Waals surface area contributed by atoms with Crippen LogP contribution in [0.5, 0.6) is 11.5 Å². The number of aliphatic imine (C=N–C) groups is 1. The van der Waals surface area contributed by atoms with Gasteiger partial charge in [0.1, 0.15) is 39.9 Å². The van der Waals surface area contributed by atoms with Crippen molar-refractivity contribution in [3.05, 3.63) is 33.7 Å². The highest BCUT2D eigenvalue weighted by Crippen LogP contribution is 2.53. The first kappa shape index (κ1) is 24.4. The second-order valence-corrected chi connectivity index (χ2v) is 10.6. The molecule has 2 fully saturated rings. The van der Waals surface area contributed by atoms with Crippen LogP contribution >= 0.6 is 0 Å². The molecule has 0 bridgehead atoms. The highest BCUT2D eigenvalue weighted by atomic mass is 16.7. The number of carbonyl (C=O) groups excluding carboxylic acids is 1. The van der Waals surface area contributed by atoms with Crippen molar-refractivity contribution < 1.29 is 28.5 Å². The van der Waals surface area contributed by atoms with E-state index in [-0.39, 0.29) is 40.1 Å². The van der Waals surface area contributed by atoms with Crippen molar-refractivity contribution in [1.29, 1.82) is 0 Å². The van der Waals surface area contributed by atoms with Gasteiger partial charge in [0.15, 0.2) is 17.0 Å². The number of ether oxygens (including phenoxy) is 3. The predicted molar refractivity (Wildman–Crippen MR) is 132 cm³/mol. The van der Waals surface area contributed by atoms with Gasteiger partial charge in [-0.3, -0.25) is 9.79 Å². The van der Waals surface area contributed by atoms with E-state index in [4.69, 9.17) is 30.1 Å². The Bertz CT molecular complexity index is 1300. The molecule has 3 aliphatic rings. The van der Waals surface area contributed by atoms with Gasteiger partial charge in [-0.15, -0.1) is 0 Å². The first-order chi connectivity index (χ1) is 17.0. The number of epoxide rings is 1. The highest BCUT2D eigenvalue weighted by molar-refractivity contribution is 5.88. The van der Waals surface area contributed by atoms with Gasteiger partial charge in [0.25, 0.3) is 0 Å². The first-order valence-corrected chi connectivity index (χ1v) is 12.5. The second kappa shape index (κ2) is 8.69. The van der Waals surface area contributed by atoms with Gasteiger partial charge in [0.2, 0.25) is 0 Å². The highest BCUT2D eigenvalue weighted by Gasteiger charge is 2.64. The van der Waals surface area contributed by atoms with Crippen LogP contribution in [0, 0.1) is 6.92 Å². The molecule has 1 aromatic carbocycles. The maximum Gasteiger partial charge on any atom is 0.341 e. The van der Waals surface area contributed by atoms with E-state index >= 15 is 0 Å². The Balaban J connectivity index is 1.47. The minimum atomic E-state index is -0.979. The van der Waals surface area contributed by atoms with Crippen molar-refractivity contribution in [2.24, 2.45) is 16.5 Å². The van der Waals surface area contributed by atoms with Crippen LogP contribution in [-0.4, -0.2) is 47.0 Å². The Labute approximate surface area is 208 Å². The molecular weight excluding hydrogens is 466 g/mol. The summed E-state index contributed by atoms with van der Waals surface area (Å²) in [6.45, 7) is 5.87. The zero-order valence-electron chi connectivity index (χ0n) is 20.8. The minimum Gasteiger partial charge on any atom is -0.507 e. The molecule has 10 nitrogen and oxygen atoms in total. The zero-order chi connectivity index (χ0) is 25.8. The summed E-state index contributed by atoms with van der Waals surface area (Å²) in [6, 6.07) is 3.01. The fraction of sp³-hybridized carbons (Fsp3) is 0.577. The number of rotatable bonds is 4. The number of fused-ring (bicyclic) bond motifs is 4. The maximum atomic E-state index is 13.5. The van der Waals surface area contributed by atoms with E-state index in [1.165, 1.54) is 6.07 Å². The summed E-state index contributed by atoms with van der Waals surface area (Å²) in [4.78, 5) is 30.2. The van der Waals surface area contributed by atoms with Gasteiger partial charge in [0.05, 0.1) is 6.10 Å². The molecule has 5 N–H and O–H groups in total. The number of carbonyl (C=O) groups is 1. The number of hydrogen-bond donors (Lipinski definition) is 3. The van der Waals surface area contributed by atoms with Crippen LogP contribution in [0.25, 0.3) is 11.0 Å². The molecule has 4 heterocycles. The predicted octanol–water partition coefficient (Wildman–Crippen LogP) is 2.74. The van der Waals surface area contributed by atoms with E-state index < -0.39 is 23.3 Å². The second-order valence-electron chi connectivity index (χ2n) is 10.6. The molecule has 0 saturated carbocycles. The first-order valence-electron chi connectivity index (χ1n) is 12.5. The third-order valence-corrected chi connectivity index (χ3v) is 7.54. The van der Waals surface area contributed by atoms with Crippen molar-refractivity contribution in [3.8, 4) is 11.5 Å². The van der Waals surface area contributed by atoms with Gasteiger partial charge in [-0.05, 0) is 52.9 Å². The summed E-state index contributed by atoms with van der Waals surface area (Å²) in [6.07, 6.45) is 3.16. The van der Waals surface area contributed by atoms with Gasteiger partial charge in [0, 0.05) is 30.2 Å². The number of benzene rings is 1. The SMILES string of the molecule is Cc1cc(=O)c2c(O)c3c(cc2o1)OC(C)(C)[C@@H]1OC(=O)[C@]2(CCCC[C@@H]31)O[C@@H]2CCCN=C(N)N. The maximum absolute atomic E-state index is 13.5. The van der Waals surface area contributed by atoms with Crippen LogP contribution < -0.4 is 21.6 Å². The van der Waals surface area contributed by atoms with Crippen molar-refractivity contribution in [1.82, 2.24) is 0 Å². The van der Waals surface area contributed by atoms with Gasteiger partial charge in [-0.25, -0.2) is 4.79 Å². The summed E-state index contributed by atoms with van der Waals surface area (Å²) < 4.78 is 24.1. The number of esters is 1. The van der Waals surface area contributed by atoms with Crippen molar-refractivity contribution >= 4 is 22.9 Å². The van der Waals surface area contributed by atoms with E-state index in [0.29, 0.717) is 49.3 Å². The molecule has 1 spiro atoms. The topological polar surface area (TPSA) is 163 Å². The summed E-state index contributed by atoms with van der Waals surface area (Å²) in [5.74, 6) is -0.0250. The van der Waals surface area contributed by atoms with E-state index in [1.807, 2.05) is 13.8 Å². The Morgan fingerprint density at radius 1 is 1.22 bits per heavy atom. The Morgan fingerprint density at radius 3 is 2.75 bits per heavy atom. The third kappa shape index (κ3) is 4.07. The molecule has 10 heteroatoms. The normalized spacial score (nSPS) is 28.6. The van der Waals surface area contributed by atoms with Crippen LogP contribution in [0.3, 0.4) is 0 Å². The smallest absolute Gasteiger partial charge is 0.341 e. The number of nitrogens with two attached hydrogens (primary N) is 2. The lowest BCUT2D eigenvalue weighted by molar-refractivity contribution is -0.170. The summed E-state index contributed by atoms with van der Waals surface area (Å²) >= 11 is 0. The fourth-order valence-electron chi connectivity index (χ4n) is 5.82. The lowest BCUT2D eigenvalue weighted by Gasteiger charge is -2.44. The summed E-state index contributed by atoms with van der Waals surface area (Å²) in [5, 5.41) is 11.4. The molecule has 2 aromatic rings. The molecular formula is C26H33N3O7. The third-order valence-electron chi connectivity index (χ3n) is 7.54. The number of aryl methyl sites for hydroxylation is 1. The largest absolute Gasteiger partial charge is 0.507 e. The Morgan fingerprint density at radius 2 is 2.00 bits per heavy atom. The van der Waals surface area contributed by atoms with Crippen molar-refractivity contribution in [2.75, 3.05) is 6.54 Å². The molecule has 3 aliphatic heterocycles. The van der Waals surface area contributed by atoms with E-state index in [1.54, 1.807) is 13.0 Å². The lowest BCUT2D eigenvalue weighted by atomic mass is 9.77. The average molecular weight is 500 g/mol. The molecule has 5 rings (SSSR count). The van der Waals surface area contributed by atoms with Crippen LogP contribution in [0.1, 0.15) is 69.6 Å². The molecule has 36 heavy (non-hydrogen) atoms. The molecule has 0 amide bonds. The van der Waals surface area contributed by atoms with Crippen LogP contribution in [0.15, 0.2) is 26.3 Å². The fourth-order valence-corrected chi connectivity index (χ4v) is 5.82. The van der Waals surface area contributed by atoms with Gasteiger partial charge >= 0.3 is 5.97 Å². The van der Waals surface area contributed by atoms with Gasteiger partial charge in [-0.2, -0.15) is 0 Å². The Hall–Kier alpha value is -3.27. The molecule has 1 aromatic heterocycles. The van der Waals surface area contributed by atoms with E-state index in [2.05, 4.69) is 4.99 Å². The quantitative estimate of drug-likeness (QED) is 0.189. The summed E-state index contributed by atoms with van der Waals surface area (Å²) in [7, 11) is 0. The number of phenols is 1. The number of aromatic hydroxyl groups is 1. The minimum absolute atomic E-state index is 0.0399. The lowest BCUT2D eigenvalue weighted by Crippen LogP contribution is -2.52. The average Bonchev–Trinajstić information content (AvgIpc) is 3.47.